The minimum absolute atomic E-state index is 0.170. The van der Waals surface area contributed by atoms with Gasteiger partial charge >= 0.3 is 0 Å². The third-order valence-corrected chi connectivity index (χ3v) is 4.33. The summed E-state index contributed by atoms with van der Waals surface area (Å²) in [5.41, 5.74) is 6.19. The molecule has 0 fully saturated rings. The van der Waals surface area contributed by atoms with Gasteiger partial charge in [-0.1, -0.05) is 61.9 Å². The molecular weight excluding hydrogens is 356 g/mol. The molecule has 0 saturated carbocycles. The van der Waals surface area contributed by atoms with E-state index in [9.17, 15) is 14.7 Å². The topological polar surface area (TPSA) is 96.3 Å². The molecule has 0 saturated heterocycles. The lowest BCUT2D eigenvalue weighted by molar-refractivity contribution is -0.123. The molecule has 3 rings (SSSR count). The van der Waals surface area contributed by atoms with Crippen LogP contribution in [0, 0.1) is 0 Å². The number of hydrogen-bond donors (Lipinski definition) is 3. The van der Waals surface area contributed by atoms with Gasteiger partial charge in [-0.2, -0.15) is 5.10 Å². The second-order valence-corrected chi connectivity index (χ2v) is 6.34. The Kier molecular flexibility index (Phi) is 6.06. The number of rotatable bonds is 6. The van der Waals surface area contributed by atoms with Gasteiger partial charge in [0.2, 0.25) is 5.91 Å². The van der Waals surface area contributed by atoms with Crippen molar-refractivity contribution in [3.05, 3.63) is 78.1 Å². The molecule has 28 heavy (non-hydrogen) atoms. The molecule has 1 atom stereocenters. The van der Waals surface area contributed by atoms with Crippen molar-refractivity contribution in [1.82, 2.24) is 20.6 Å². The van der Waals surface area contributed by atoms with E-state index in [0.29, 0.717) is 12.1 Å². The van der Waals surface area contributed by atoms with Gasteiger partial charge in [-0.05, 0) is 24.1 Å². The number of carbonyl (C=O) groups is 2. The second kappa shape index (κ2) is 8.85. The third kappa shape index (κ3) is 4.37. The van der Waals surface area contributed by atoms with Gasteiger partial charge in [0.15, 0.2) is 11.4 Å². The van der Waals surface area contributed by atoms with Crippen LogP contribution in [0.15, 0.2) is 66.9 Å². The molecule has 0 aliphatic rings. The molecule has 0 spiro atoms. The number of benzene rings is 2. The largest absolute Gasteiger partial charge is 0.504 e. The first kappa shape index (κ1) is 19.2. The highest BCUT2D eigenvalue weighted by Crippen LogP contribution is 2.21. The van der Waals surface area contributed by atoms with Crippen LogP contribution in [0.25, 0.3) is 5.69 Å². The Morgan fingerprint density at radius 2 is 1.68 bits per heavy atom. The molecule has 2 aromatic carbocycles. The van der Waals surface area contributed by atoms with Crippen LogP contribution >= 0.6 is 0 Å². The van der Waals surface area contributed by atoms with Crippen LogP contribution in [-0.2, 0) is 4.79 Å². The molecule has 3 aromatic rings. The summed E-state index contributed by atoms with van der Waals surface area (Å²) in [4.78, 5) is 24.9. The fraction of sp³-hybridized carbons (Fsp3) is 0.190. The van der Waals surface area contributed by atoms with Crippen molar-refractivity contribution in [3.8, 4) is 11.4 Å². The number of nitrogens with zero attached hydrogens (tertiary/aromatic N) is 2. The summed E-state index contributed by atoms with van der Waals surface area (Å²) in [7, 11) is 0. The van der Waals surface area contributed by atoms with Crippen LogP contribution < -0.4 is 10.9 Å². The average molecular weight is 378 g/mol. The summed E-state index contributed by atoms with van der Waals surface area (Å²) in [6.45, 7) is 2.00. The van der Waals surface area contributed by atoms with E-state index in [1.54, 1.807) is 12.1 Å². The van der Waals surface area contributed by atoms with Crippen LogP contribution in [0.4, 0.5) is 0 Å². The minimum atomic E-state index is -0.691. The van der Waals surface area contributed by atoms with Crippen molar-refractivity contribution in [2.24, 2.45) is 0 Å². The molecule has 7 heteroatoms. The fourth-order valence-electron chi connectivity index (χ4n) is 2.93. The molecule has 1 unspecified atom stereocenters. The van der Waals surface area contributed by atoms with Gasteiger partial charge in [0.25, 0.3) is 5.91 Å². The summed E-state index contributed by atoms with van der Waals surface area (Å²) in [6, 6.07) is 18.5. The highest BCUT2D eigenvalue weighted by Gasteiger charge is 2.22. The standard InChI is InChI=1S/C21H22N4O3/c1-2-9-17(15-10-5-3-6-11-15)20(27)22-23-21(28)19-18(26)14-25(24-19)16-12-7-4-8-13-16/h3-8,10-14,17,26H,2,9H2,1H3,(H,22,27)(H,23,28). The first-order valence-electron chi connectivity index (χ1n) is 9.09. The van der Waals surface area contributed by atoms with E-state index in [1.807, 2.05) is 55.5 Å². The number of hydrazine groups is 1. The van der Waals surface area contributed by atoms with E-state index in [1.165, 1.54) is 10.9 Å². The van der Waals surface area contributed by atoms with Crippen molar-refractivity contribution in [2.45, 2.75) is 25.7 Å². The quantitative estimate of drug-likeness (QED) is 0.575. The number of carbonyl (C=O) groups excluding carboxylic acids is 2. The highest BCUT2D eigenvalue weighted by molar-refractivity contribution is 5.96. The Morgan fingerprint density at radius 3 is 2.32 bits per heavy atom. The predicted molar refractivity (Wildman–Crippen MR) is 105 cm³/mol. The van der Waals surface area contributed by atoms with Gasteiger partial charge in [-0.3, -0.25) is 20.4 Å². The van der Waals surface area contributed by atoms with Crippen LogP contribution in [0.3, 0.4) is 0 Å². The Morgan fingerprint density at radius 1 is 1.04 bits per heavy atom. The Labute approximate surface area is 163 Å². The first-order chi connectivity index (χ1) is 13.6. The maximum Gasteiger partial charge on any atom is 0.294 e. The number of amides is 2. The van der Waals surface area contributed by atoms with E-state index in [0.717, 1.165) is 12.0 Å². The Hall–Kier alpha value is -3.61. The first-order valence-corrected chi connectivity index (χ1v) is 9.09. The zero-order valence-electron chi connectivity index (χ0n) is 15.5. The molecule has 2 amide bonds. The Balaban J connectivity index is 1.68. The van der Waals surface area contributed by atoms with Gasteiger partial charge < -0.3 is 5.11 Å². The number of aromatic nitrogens is 2. The van der Waals surface area contributed by atoms with Crippen molar-refractivity contribution < 1.29 is 14.7 Å². The average Bonchev–Trinajstić information content (AvgIpc) is 3.13. The normalized spacial score (nSPS) is 11.6. The van der Waals surface area contributed by atoms with E-state index in [4.69, 9.17) is 0 Å². The highest BCUT2D eigenvalue weighted by atomic mass is 16.3. The minimum Gasteiger partial charge on any atom is -0.504 e. The van der Waals surface area contributed by atoms with E-state index in [2.05, 4.69) is 16.0 Å². The van der Waals surface area contributed by atoms with E-state index >= 15 is 0 Å². The Bertz CT molecular complexity index is 939. The third-order valence-electron chi connectivity index (χ3n) is 4.33. The number of aromatic hydroxyl groups is 1. The molecule has 1 aromatic heterocycles. The molecule has 7 nitrogen and oxygen atoms in total. The van der Waals surface area contributed by atoms with Crippen LogP contribution in [-0.4, -0.2) is 26.7 Å². The summed E-state index contributed by atoms with van der Waals surface area (Å²) in [5, 5.41) is 14.1. The zero-order chi connectivity index (χ0) is 19.9. The van der Waals surface area contributed by atoms with E-state index < -0.39 is 5.91 Å². The predicted octanol–water partition coefficient (Wildman–Crippen LogP) is 2.92. The van der Waals surface area contributed by atoms with Crippen molar-refractivity contribution in [2.75, 3.05) is 0 Å². The van der Waals surface area contributed by atoms with Gasteiger partial charge in [-0.15, -0.1) is 0 Å². The summed E-state index contributed by atoms with van der Waals surface area (Å²) in [5.74, 6) is -1.65. The lowest BCUT2D eigenvalue weighted by Gasteiger charge is -2.16. The maximum atomic E-state index is 12.6. The van der Waals surface area contributed by atoms with Gasteiger partial charge in [0.1, 0.15) is 0 Å². The smallest absolute Gasteiger partial charge is 0.294 e. The van der Waals surface area contributed by atoms with Crippen LogP contribution in [0.5, 0.6) is 5.75 Å². The molecule has 0 radical (unpaired) electrons. The van der Waals surface area contributed by atoms with Crippen LogP contribution in [0.2, 0.25) is 0 Å². The number of para-hydroxylation sites is 1. The molecule has 0 aliphatic heterocycles. The molecule has 144 valence electrons. The van der Waals surface area contributed by atoms with Crippen LogP contribution in [0.1, 0.15) is 41.7 Å². The molecule has 0 aliphatic carbocycles. The molecule has 3 N–H and O–H groups in total. The summed E-state index contributed by atoms with van der Waals surface area (Å²) in [6.07, 6.45) is 2.82. The summed E-state index contributed by atoms with van der Waals surface area (Å²) < 4.78 is 1.40. The number of nitrogens with one attached hydrogen (secondary N) is 2. The molecule has 0 bridgehead atoms. The van der Waals surface area contributed by atoms with Crippen molar-refractivity contribution in [1.29, 1.82) is 0 Å². The lowest BCUT2D eigenvalue weighted by atomic mass is 9.94. The van der Waals surface area contributed by atoms with Crippen molar-refractivity contribution >= 4 is 11.8 Å². The van der Waals surface area contributed by atoms with Gasteiger partial charge in [0.05, 0.1) is 17.8 Å². The van der Waals surface area contributed by atoms with Gasteiger partial charge in [0, 0.05) is 0 Å². The SMILES string of the molecule is CCCC(C(=O)NNC(=O)c1nn(-c2ccccc2)cc1O)c1ccccc1. The molecule has 1 heterocycles. The van der Waals surface area contributed by atoms with Gasteiger partial charge in [-0.25, -0.2) is 4.68 Å². The van der Waals surface area contributed by atoms with Crippen molar-refractivity contribution in [3.63, 3.8) is 0 Å². The zero-order valence-corrected chi connectivity index (χ0v) is 15.5. The maximum absolute atomic E-state index is 12.6. The lowest BCUT2D eigenvalue weighted by Crippen LogP contribution is -2.44. The molecular formula is C21H22N4O3. The fourth-order valence-corrected chi connectivity index (χ4v) is 2.93. The summed E-state index contributed by atoms with van der Waals surface area (Å²) >= 11 is 0. The monoisotopic (exact) mass is 378 g/mol. The number of hydrogen-bond acceptors (Lipinski definition) is 4. The van der Waals surface area contributed by atoms with E-state index in [-0.39, 0.29) is 23.3 Å². The second-order valence-electron chi connectivity index (χ2n) is 6.34.